The van der Waals surface area contributed by atoms with Gasteiger partial charge in [0.1, 0.15) is 17.2 Å². The zero-order chi connectivity index (χ0) is 17.9. The molecule has 124 valence electrons. The van der Waals surface area contributed by atoms with Gasteiger partial charge in [0.2, 0.25) is 0 Å². The van der Waals surface area contributed by atoms with Gasteiger partial charge in [-0.25, -0.2) is 4.79 Å². The van der Waals surface area contributed by atoms with Crippen LogP contribution in [0.25, 0.3) is 0 Å². The van der Waals surface area contributed by atoms with Crippen LogP contribution in [0.3, 0.4) is 0 Å². The van der Waals surface area contributed by atoms with Crippen molar-refractivity contribution in [2.75, 3.05) is 0 Å². The van der Waals surface area contributed by atoms with Crippen LogP contribution in [-0.4, -0.2) is 16.8 Å². The number of aryl methyl sites for hydroxylation is 1. The van der Waals surface area contributed by atoms with Gasteiger partial charge in [-0.2, -0.15) is 0 Å². The van der Waals surface area contributed by atoms with E-state index in [4.69, 9.17) is 15.2 Å². The van der Waals surface area contributed by atoms with E-state index in [0.717, 1.165) is 0 Å². The summed E-state index contributed by atoms with van der Waals surface area (Å²) in [6.07, 6.45) is -0.932. The molecule has 0 spiro atoms. The third-order valence-electron chi connectivity index (χ3n) is 3.14. The Balaban J connectivity index is 2.31. The smallest absolute Gasteiger partial charge is 0.409 e. The van der Waals surface area contributed by atoms with Crippen molar-refractivity contribution in [3.63, 3.8) is 0 Å². The number of nitrogens with zero attached hydrogens (tertiary/aromatic N) is 1. The highest BCUT2D eigenvalue weighted by molar-refractivity contribution is 5.98. The molecule has 2 aromatic rings. The lowest BCUT2D eigenvalue weighted by Gasteiger charge is -2.10. The normalized spacial score (nSPS) is 10.1. The van der Waals surface area contributed by atoms with Gasteiger partial charge >= 0.3 is 6.09 Å². The van der Waals surface area contributed by atoms with Gasteiger partial charge in [0.05, 0.1) is 16.6 Å². The van der Waals surface area contributed by atoms with Gasteiger partial charge in [0.25, 0.3) is 5.69 Å². The summed E-state index contributed by atoms with van der Waals surface area (Å²) >= 11 is 0. The standard InChI is InChI=1S/C16H14N2O6/c1-9-7-11(24-16(17)20)4-6-15(9)23-12-3-5-13(10(2)19)14(8-12)18(21)22/h3-8H,1-2H3,(H2,17,20). The first-order chi connectivity index (χ1) is 11.3. The van der Waals surface area contributed by atoms with Crippen molar-refractivity contribution in [2.24, 2.45) is 5.73 Å². The van der Waals surface area contributed by atoms with Crippen LogP contribution in [0.5, 0.6) is 17.2 Å². The van der Waals surface area contributed by atoms with Crippen LogP contribution >= 0.6 is 0 Å². The molecular formula is C16H14N2O6. The van der Waals surface area contributed by atoms with Gasteiger partial charge in [-0.1, -0.05) is 0 Å². The molecule has 0 saturated heterocycles. The maximum Gasteiger partial charge on any atom is 0.409 e. The third-order valence-corrected chi connectivity index (χ3v) is 3.14. The number of nitro benzene ring substituents is 1. The summed E-state index contributed by atoms with van der Waals surface area (Å²) in [4.78, 5) is 32.6. The second-order valence-electron chi connectivity index (χ2n) is 4.94. The van der Waals surface area contributed by atoms with Crippen LogP contribution in [0.4, 0.5) is 10.5 Å². The van der Waals surface area contributed by atoms with Gasteiger partial charge in [-0.3, -0.25) is 14.9 Å². The van der Waals surface area contributed by atoms with Crippen LogP contribution in [0.15, 0.2) is 36.4 Å². The van der Waals surface area contributed by atoms with E-state index in [1.807, 2.05) is 0 Å². The summed E-state index contributed by atoms with van der Waals surface area (Å²) in [6, 6.07) is 8.55. The first-order valence-corrected chi connectivity index (χ1v) is 6.83. The molecule has 0 radical (unpaired) electrons. The van der Waals surface area contributed by atoms with Crippen molar-refractivity contribution in [1.82, 2.24) is 0 Å². The maximum atomic E-state index is 11.4. The van der Waals surface area contributed by atoms with Crippen molar-refractivity contribution >= 4 is 17.6 Å². The lowest BCUT2D eigenvalue weighted by atomic mass is 10.1. The summed E-state index contributed by atoms with van der Waals surface area (Å²) in [7, 11) is 0. The second kappa shape index (κ2) is 6.78. The molecule has 8 heteroatoms. The molecule has 2 aromatic carbocycles. The van der Waals surface area contributed by atoms with Crippen molar-refractivity contribution in [3.8, 4) is 17.2 Å². The highest BCUT2D eigenvalue weighted by Gasteiger charge is 2.19. The number of hydrogen-bond donors (Lipinski definition) is 1. The van der Waals surface area contributed by atoms with Crippen molar-refractivity contribution < 1.29 is 24.0 Å². The zero-order valence-corrected chi connectivity index (χ0v) is 12.9. The molecule has 0 saturated carbocycles. The number of Topliss-reactive ketones (excluding diaryl/α,β-unsaturated/α-hetero) is 1. The number of nitro groups is 1. The summed E-state index contributed by atoms with van der Waals surface area (Å²) in [5.74, 6) is 0.470. The molecule has 0 aliphatic carbocycles. The van der Waals surface area contributed by atoms with Crippen molar-refractivity contribution in [1.29, 1.82) is 0 Å². The number of hydrogen-bond acceptors (Lipinski definition) is 6. The number of nitrogens with two attached hydrogens (primary N) is 1. The number of primary amides is 1. The summed E-state index contributed by atoms with van der Waals surface area (Å²) in [5.41, 5.74) is 5.25. The Bertz CT molecular complexity index is 831. The third kappa shape index (κ3) is 3.86. The first-order valence-electron chi connectivity index (χ1n) is 6.83. The minimum atomic E-state index is -0.932. The highest BCUT2D eigenvalue weighted by atomic mass is 16.6. The maximum absolute atomic E-state index is 11.4. The topological polar surface area (TPSA) is 122 Å². The molecule has 2 rings (SSSR count). The molecule has 0 aliphatic rings. The molecular weight excluding hydrogens is 316 g/mol. The van der Waals surface area contributed by atoms with E-state index in [0.29, 0.717) is 11.3 Å². The largest absolute Gasteiger partial charge is 0.457 e. The van der Waals surface area contributed by atoms with Crippen molar-refractivity contribution in [2.45, 2.75) is 13.8 Å². The fraction of sp³-hybridized carbons (Fsp3) is 0.125. The fourth-order valence-corrected chi connectivity index (χ4v) is 2.07. The van der Waals surface area contributed by atoms with Crippen LogP contribution in [0.1, 0.15) is 22.8 Å². The predicted molar refractivity (Wildman–Crippen MR) is 84.6 cm³/mol. The number of ether oxygens (including phenoxy) is 2. The number of carbonyl (C=O) groups excluding carboxylic acids is 2. The van der Waals surface area contributed by atoms with Crippen LogP contribution in [-0.2, 0) is 0 Å². The molecule has 0 unspecified atom stereocenters. The molecule has 0 bridgehead atoms. The minimum Gasteiger partial charge on any atom is -0.457 e. The van der Waals surface area contributed by atoms with E-state index >= 15 is 0 Å². The average molecular weight is 330 g/mol. The summed E-state index contributed by atoms with van der Waals surface area (Å²) in [6.45, 7) is 2.96. The molecule has 0 fully saturated rings. The number of amides is 1. The molecule has 1 amide bonds. The van der Waals surface area contributed by atoms with Gasteiger partial charge in [-0.15, -0.1) is 0 Å². The van der Waals surface area contributed by atoms with E-state index in [9.17, 15) is 19.7 Å². The first kappa shape index (κ1) is 16.9. The molecule has 0 aliphatic heterocycles. The minimum absolute atomic E-state index is 0.00859. The monoisotopic (exact) mass is 330 g/mol. The SMILES string of the molecule is CC(=O)c1ccc(Oc2ccc(OC(N)=O)cc2C)cc1[N+](=O)[O-]. The second-order valence-corrected chi connectivity index (χ2v) is 4.94. The van der Waals surface area contributed by atoms with E-state index < -0.39 is 16.8 Å². The van der Waals surface area contributed by atoms with E-state index in [1.165, 1.54) is 31.2 Å². The number of rotatable bonds is 5. The van der Waals surface area contributed by atoms with E-state index in [2.05, 4.69) is 0 Å². The highest BCUT2D eigenvalue weighted by Crippen LogP contribution is 2.31. The quantitative estimate of drug-likeness (QED) is 0.509. The van der Waals surface area contributed by atoms with Crippen molar-refractivity contribution in [3.05, 3.63) is 57.6 Å². The van der Waals surface area contributed by atoms with Gasteiger partial charge in [0.15, 0.2) is 5.78 Å². The fourth-order valence-electron chi connectivity index (χ4n) is 2.07. The van der Waals surface area contributed by atoms with Crippen LogP contribution in [0, 0.1) is 17.0 Å². The Hall–Kier alpha value is -3.42. The van der Waals surface area contributed by atoms with E-state index in [-0.39, 0.29) is 22.7 Å². The van der Waals surface area contributed by atoms with Gasteiger partial charge in [-0.05, 0) is 49.7 Å². The lowest BCUT2D eigenvalue weighted by molar-refractivity contribution is -0.385. The Morgan fingerprint density at radius 1 is 1.12 bits per heavy atom. The Morgan fingerprint density at radius 2 is 1.79 bits per heavy atom. The molecule has 8 nitrogen and oxygen atoms in total. The Labute approximate surface area is 136 Å². The summed E-state index contributed by atoms with van der Waals surface area (Å²) in [5, 5.41) is 11.1. The zero-order valence-electron chi connectivity index (χ0n) is 12.9. The van der Waals surface area contributed by atoms with Gasteiger partial charge < -0.3 is 15.2 Å². The van der Waals surface area contributed by atoms with E-state index in [1.54, 1.807) is 19.1 Å². The lowest BCUT2D eigenvalue weighted by Crippen LogP contribution is -2.16. The molecule has 2 N–H and O–H groups in total. The predicted octanol–water partition coefficient (Wildman–Crippen LogP) is 3.36. The Morgan fingerprint density at radius 3 is 2.33 bits per heavy atom. The number of carbonyl (C=O) groups is 2. The number of benzene rings is 2. The molecule has 0 heterocycles. The molecule has 0 aromatic heterocycles. The van der Waals surface area contributed by atoms with Crippen LogP contribution < -0.4 is 15.2 Å². The Kier molecular flexibility index (Phi) is 4.78. The summed E-state index contributed by atoms with van der Waals surface area (Å²) < 4.78 is 10.4. The number of ketones is 1. The van der Waals surface area contributed by atoms with Gasteiger partial charge in [0, 0.05) is 0 Å². The average Bonchev–Trinajstić information content (AvgIpc) is 2.49. The van der Waals surface area contributed by atoms with Crippen LogP contribution in [0.2, 0.25) is 0 Å². The molecule has 24 heavy (non-hydrogen) atoms. The molecule has 0 atom stereocenters.